The summed E-state index contributed by atoms with van der Waals surface area (Å²) in [5.41, 5.74) is 4.08. The predicted molar refractivity (Wildman–Crippen MR) is 141 cm³/mol. The number of carbonyl (C=O) groups is 1. The number of hydrogen-bond acceptors (Lipinski definition) is 5. The zero-order valence-corrected chi connectivity index (χ0v) is 22.5. The molecule has 0 aliphatic heterocycles. The number of benzene rings is 3. The molecule has 0 spiro atoms. The smallest absolute Gasteiger partial charge is 0.271 e. The molecule has 0 bridgehead atoms. The highest BCUT2D eigenvalue weighted by molar-refractivity contribution is 9.11. The van der Waals surface area contributed by atoms with E-state index in [0.717, 1.165) is 6.42 Å². The minimum absolute atomic E-state index is 0.0827. The fourth-order valence-electron chi connectivity index (χ4n) is 3.04. The Labute approximate surface area is 220 Å². The van der Waals surface area contributed by atoms with Crippen molar-refractivity contribution in [2.24, 2.45) is 5.10 Å². The first-order valence-electron chi connectivity index (χ1n) is 11.0. The molecule has 6 nitrogen and oxygen atoms in total. The van der Waals surface area contributed by atoms with Crippen LogP contribution < -0.4 is 19.6 Å². The van der Waals surface area contributed by atoms with E-state index in [1.165, 1.54) is 12.3 Å². The maximum absolute atomic E-state index is 13.8. The molecule has 3 aromatic carbocycles. The molecule has 1 amide bonds. The van der Waals surface area contributed by atoms with Crippen molar-refractivity contribution in [3.63, 3.8) is 0 Å². The second-order valence-electron chi connectivity index (χ2n) is 7.34. The van der Waals surface area contributed by atoms with Gasteiger partial charge in [0.25, 0.3) is 5.91 Å². The van der Waals surface area contributed by atoms with Crippen molar-refractivity contribution in [2.45, 2.75) is 26.9 Å². The molecule has 0 unspecified atom stereocenters. The minimum atomic E-state index is -0.382. The first-order chi connectivity index (χ1) is 16.9. The summed E-state index contributed by atoms with van der Waals surface area (Å²) in [5, 5.41) is 4.05. The molecule has 0 radical (unpaired) electrons. The second-order valence-corrected chi connectivity index (χ2v) is 9.04. The van der Waals surface area contributed by atoms with Crippen molar-refractivity contribution in [1.82, 2.24) is 5.43 Å². The Bertz CT molecular complexity index is 1180. The molecule has 3 rings (SSSR count). The first kappa shape index (κ1) is 26.7. The highest BCUT2D eigenvalue weighted by Gasteiger charge is 2.12. The summed E-state index contributed by atoms with van der Waals surface area (Å²) in [7, 11) is 0. The normalized spacial score (nSPS) is 10.9. The van der Waals surface area contributed by atoms with Gasteiger partial charge >= 0.3 is 0 Å². The van der Waals surface area contributed by atoms with Crippen molar-refractivity contribution >= 4 is 44.0 Å². The second kappa shape index (κ2) is 13.3. The summed E-state index contributed by atoms with van der Waals surface area (Å²) in [5.74, 6) is 0.934. The van der Waals surface area contributed by atoms with Gasteiger partial charge in [-0.1, -0.05) is 25.1 Å². The van der Waals surface area contributed by atoms with Gasteiger partial charge in [0.2, 0.25) is 0 Å². The van der Waals surface area contributed by atoms with Crippen LogP contribution in [0.25, 0.3) is 0 Å². The molecule has 9 heteroatoms. The lowest BCUT2D eigenvalue weighted by Crippen LogP contribution is -2.17. The summed E-state index contributed by atoms with van der Waals surface area (Å²) < 4.78 is 32.2. The lowest BCUT2D eigenvalue weighted by atomic mass is 10.2. The molecule has 0 aliphatic carbocycles. The number of hydrogen-bond donors (Lipinski definition) is 1. The highest BCUT2D eigenvalue weighted by Crippen LogP contribution is 2.35. The summed E-state index contributed by atoms with van der Waals surface area (Å²) in [4.78, 5) is 12.6. The number of ether oxygens (including phenoxy) is 3. The number of nitrogens with one attached hydrogen (secondary N) is 1. The zero-order valence-electron chi connectivity index (χ0n) is 19.3. The number of amides is 1. The molecular formula is C26H25Br2FN2O4. The van der Waals surface area contributed by atoms with Gasteiger partial charge in [-0.25, -0.2) is 9.82 Å². The Kier molecular flexibility index (Phi) is 10.1. The number of hydrazone groups is 1. The average molecular weight is 608 g/mol. The molecule has 35 heavy (non-hydrogen) atoms. The van der Waals surface area contributed by atoms with Crippen molar-refractivity contribution < 1.29 is 23.4 Å². The third-order valence-electron chi connectivity index (χ3n) is 4.70. The van der Waals surface area contributed by atoms with E-state index in [-0.39, 0.29) is 18.3 Å². The standard InChI is InChI=1S/C26H25Br2FN2O4/c1-3-11-34-23-10-9-18(14-24(23)33-4-2)26(32)31-30-15-17-12-20(27)25(21(28)13-17)35-16-19-7-5-6-8-22(19)29/h5-10,12-15H,3-4,11,16H2,1-2H3,(H,31,32)/b30-15+. The Morgan fingerprint density at radius 3 is 2.43 bits per heavy atom. The molecule has 184 valence electrons. The van der Waals surface area contributed by atoms with E-state index in [1.807, 2.05) is 13.8 Å². The van der Waals surface area contributed by atoms with E-state index in [0.29, 0.717) is 56.1 Å². The molecule has 0 atom stereocenters. The van der Waals surface area contributed by atoms with Gasteiger partial charge in [-0.05, 0) is 87.2 Å². The lowest BCUT2D eigenvalue weighted by molar-refractivity contribution is 0.0954. The first-order valence-corrected chi connectivity index (χ1v) is 12.6. The zero-order chi connectivity index (χ0) is 25.2. The fourth-order valence-corrected chi connectivity index (χ4v) is 4.49. The van der Waals surface area contributed by atoms with E-state index in [1.54, 1.807) is 48.5 Å². The summed E-state index contributed by atoms with van der Waals surface area (Å²) in [6, 6.07) is 15.0. The van der Waals surface area contributed by atoms with Crippen molar-refractivity contribution in [2.75, 3.05) is 13.2 Å². The highest BCUT2D eigenvalue weighted by atomic mass is 79.9. The predicted octanol–water partition coefficient (Wildman–Crippen LogP) is 6.88. The van der Waals surface area contributed by atoms with Gasteiger partial charge in [0.05, 0.1) is 28.4 Å². The monoisotopic (exact) mass is 606 g/mol. The van der Waals surface area contributed by atoms with Gasteiger partial charge in [0.15, 0.2) is 11.5 Å². The number of carbonyl (C=O) groups excluding carboxylic acids is 1. The van der Waals surface area contributed by atoms with Crippen molar-refractivity contribution in [1.29, 1.82) is 0 Å². The Hall–Kier alpha value is -2.91. The fraction of sp³-hybridized carbons (Fsp3) is 0.231. The Morgan fingerprint density at radius 2 is 1.74 bits per heavy atom. The average Bonchev–Trinajstić information content (AvgIpc) is 2.84. The van der Waals surface area contributed by atoms with Crippen LogP contribution in [0.4, 0.5) is 4.39 Å². The van der Waals surface area contributed by atoms with Crippen LogP contribution >= 0.6 is 31.9 Å². The Morgan fingerprint density at radius 1 is 1.00 bits per heavy atom. The third kappa shape index (κ3) is 7.53. The summed E-state index contributed by atoms with van der Waals surface area (Å²) in [6.45, 7) is 4.99. The van der Waals surface area contributed by atoms with Crippen LogP contribution in [0.15, 0.2) is 68.6 Å². The summed E-state index contributed by atoms with van der Waals surface area (Å²) >= 11 is 6.94. The SMILES string of the molecule is CCCOc1ccc(C(=O)N/N=C/c2cc(Br)c(OCc3ccccc3F)c(Br)c2)cc1OCC. The molecule has 0 saturated carbocycles. The van der Waals surface area contributed by atoms with E-state index in [2.05, 4.69) is 42.4 Å². The van der Waals surface area contributed by atoms with Crippen LogP contribution in [0, 0.1) is 5.82 Å². The van der Waals surface area contributed by atoms with E-state index >= 15 is 0 Å². The van der Waals surface area contributed by atoms with E-state index < -0.39 is 0 Å². The third-order valence-corrected chi connectivity index (χ3v) is 5.88. The minimum Gasteiger partial charge on any atom is -0.490 e. The maximum Gasteiger partial charge on any atom is 0.271 e. The van der Waals surface area contributed by atoms with Crippen LogP contribution in [0.5, 0.6) is 17.2 Å². The van der Waals surface area contributed by atoms with Crippen LogP contribution in [-0.4, -0.2) is 25.3 Å². The number of nitrogens with zero attached hydrogens (tertiary/aromatic N) is 1. The molecule has 0 aromatic heterocycles. The van der Waals surface area contributed by atoms with Gasteiger partial charge in [-0.15, -0.1) is 0 Å². The molecular weight excluding hydrogens is 583 g/mol. The number of rotatable bonds is 11. The van der Waals surface area contributed by atoms with Gasteiger partial charge in [-0.3, -0.25) is 4.79 Å². The van der Waals surface area contributed by atoms with Gasteiger partial charge in [-0.2, -0.15) is 5.10 Å². The quantitative estimate of drug-likeness (QED) is 0.191. The van der Waals surface area contributed by atoms with Gasteiger partial charge in [0, 0.05) is 11.1 Å². The largest absolute Gasteiger partial charge is 0.490 e. The summed E-state index contributed by atoms with van der Waals surface area (Å²) in [6.07, 6.45) is 2.38. The molecule has 1 N–H and O–H groups in total. The topological polar surface area (TPSA) is 69.2 Å². The molecule has 0 heterocycles. The van der Waals surface area contributed by atoms with Crippen LogP contribution in [0.3, 0.4) is 0 Å². The van der Waals surface area contributed by atoms with Gasteiger partial charge < -0.3 is 14.2 Å². The molecule has 0 fully saturated rings. The molecule has 3 aromatic rings. The van der Waals surface area contributed by atoms with Crippen LogP contribution in [0.2, 0.25) is 0 Å². The lowest BCUT2D eigenvalue weighted by Gasteiger charge is -2.12. The van der Waals surface area contributed by atoms with Crippen LogP contribution in [-0.2, 0) is 6.61 Å². The number of halogens is 3. The van der Waals surface area contributed by atoms with E-state index in [4.69, 9.17) is 14.2 Å². The van der Waals surface area contributed by atoms with Crippen molar-refractivity contribution in [3.8, 4) is 17.2 Å². The Balaban J connectivity index is 1.65. The maximum atomic E-state index is 13.8. The van der Waals surface area contributed by atoms with Crippen LogP contribution in [0.1, 0.15) is 41.8 Å². The van der Waals surface area contributed by atoms with Gasteiger partial charge in [0.1, 0.15) is 18.2 Å². The van der Waals surface area contributed by atoms with E-state index in [9.17, 15) is 9.18 Å². The van der Waals surface area contributed by atoms with Crippen molar-refractivity contribution in [3.05, 3.63) is 86.1 Å². The molecule has 0 saturated heterocycles. The molecule has 0 aliphatic rings.